The van der Waals surface area contributed by atoms with Crippen LogP contribution in [0.2, 0.25) is 0 Å². The number of rotatable bonds is 4. The topological polar surface area (TPSA) is 94.5 Å². The Kier molecular flexibility index (Phi) is 3.28. The van der Waals surface area contributed by atoms with E-state index < -0.39 is 17.1 Å². The molecule has 0 fully saturated rings. The third-order valence-corrected chi connectivity index (χ3v) is 3.11. The van der Waals surface area contributed by atoms with Crippen molar-refractivity contribution in [1.29, 1.82) is 0 Å². The Morgan fingerprint density at radius 2 is 2.26 bits per heavy atom. The Morgan fingerprint density at radius 1 is 1.58 bits per heavy atom. The van der Waals surface area contributed by atoms with Crippen molar-refractivity contribution >= 4 is 5.78 Å². The van der Waals surface area contributed by atoms with E-state index in [0.29, 0.717) is 22.8 Å². The van der Waals surface area contributed by atoms with Gasteiger partial charge < -0.3 is 14.5 Å². The Bertz CT molecular complexity index is 560. The number of ketones is 1. The second-order valence-corrected chi connectivity index (χ2v) is 4.29. The number of methoxy groups -OCH3 is 1. The van der Waals surface area contributed by atoms with Crippen molar-refractivity contribution < 1.29 is 19.2 Å². The molecule has 2 unspecified atom stereocenters. The van der Waals surface area contributed by atoms with E-state index in [2.05, 4.69) is 4.98 Å². The first-order chi connectivity index (χ1) is 8.95. The number of nitro groups is 1. The first-order valence-electron chi connectivity index (χ1n) is 5.70. The number of nitrogens with one attached hydrogen (secondary N) is 1. The van der Waals surface area contributed by atoms with E-state index in [0.717, 1.165) is 0 Å². The number of H-pyrrole nitrogens is 1. The van der Waals surface area contributed by atoms with Gasteiger partial charge in [-0.05, 0) is 13.8 Å². The highest BCUT2D eigenvalue weighted by Crippen LogP contribution is 2.39. The Balaban J connectivity index is 2.46. The van der Waals surface area contributed by atoms with Crippen LogP contribution in [0.3, 0.4) is 0 Å². The van der Waals surface area contributed by atoms with Crippen molar-refractivity contribution in [3.8, 4) is 5.75 Å². The zero-order valence-electron chi connectivity index (χ0n) is 10.8. The summed E-state index contributed by atoms with van der Waals surface area (Å²) in [7, 11) is 1.50. The summed E-state index contributed by atoms with van der Waals surface area (Å²) in [4.78, 5) is 25.1. The van der Waals surface area contributed by atoms with E-state index in [9.17, 15) is 14.9 Å². The Hall–Kier alpha value is -2.31. The van der Waals surface area contributed by atoms with Gasteiger partial charge in [0.2, 0.25) is 0 Å². The molecule has 0 aliphatic carbocycles. The fourth-order valence-electron chi connectivity index (χ4n) is 2.30. The molecule has 2 heterocycles. The van der Waals surface area contributed by atoms with Crippen LogP contribution in [-0.4, -0.2) is 29.0 Å². The number of Topliss-reactive ketones (excluding diaryl/α,β-unsaturated/α-hetero) is 1. The van der Waals surface area contributed by atoms with Crippen molar-refractivity contribution in [3.63, 3.8) is 0 Å². The van der Waals surface area contributed by atoms with Crippen LogP contribution in [0, 0.1) is 10.1 Å². The van der Waals surface area contributed by atoms with Crippen LogP contribution >= 0.6 is 0 Å². The van der Waals surface area contributed by atoms with Crippen LogP contribution in [0.25, 0.3) is 0 Å². The highest BCUT2D eigenvalue weighted by molar-refractivity contribution is 5.95. The molecule has 1 N–H and O–H groups in total. The summed E-state index contributed by atoms with van der Waals surface area (Å²) >= 11 is 0. The van der Waals surface area contributed by atoms with E-state index in [1.54, 1.807) is 19.2 Å². The molecule has 7 nitrogen and oxygen atoms in total. The summed E-state index contributed by atoms with van der Waals surface area (Å²) in [6.45, 7) is 2.94. The minimum Gasteiger partial charge on any atom is -0.495 e. The molecule has 0 bridgehead atoms. The molecule has 1 aliphatic heterocycles. The molecule has 0 saturated carbocycles. The van der Waals surface area contributed by atoms with E-state index >= 15 is 0 Å². The van der Waals surface area contributed by atoms with Crippen molar-refractivity contribution in [2.45, 2.75) is 26.0 Å². The van der Waals surface area contributed by atoms with Crippen LogP contribution in [0.4, 0.5) is 0 Å². The van der Waals surface area contributed by atoms with E-state index in [4.69, 9.17) is 9.47 Å². The molecule has 0 amide bonds. The van der Waals surface area contributed by atoms with Gasteiger partial charge in [0.15, 0.2) is 5.78 Å². The van der Waals surface area contributed by atoms with Crippen molar-refractivity contribution in [2.75, 3.05) is 7.11 Å². The molecule has 0 saturated heterocycles. The normalized spacial score (nSPS) is 22.3. The number of nitrogens with zero attached hydrogens (tertiary/aromatic N) is 1. The molecule has 1 aromatic heterocycles. The minimum atomic E-state index is -1.29. The molecular weight excluding hydrogens is 252 g/mol. The lowest BCUT2D eigenvalue weighted by molar-refractivity contribution is -0.570. The largest absolute Gasteiger partial charge is 0.495 e. The fraction of sp³-hybridized carbons (Fsp3) is 0.417. The van der Waals surface area contributed by atoms with Crippen LogP contribution in [-0.2, 0) is 9.53 Å². The monoisotopic (exact) mass is 266 g/mol. The van der Waals surface area contributed by atoms with Gasteiger partial charge in [-0.1, -0.05) is 0 Å². The molecule has 0 aromatic carbocycles. The van der Waals surface area contributed by atoms with E-state index in [1.165, 1.54) is 14.0 Å². The average Bonchev–Trinajstić information content (AvgIpc) is 2.91. The van der Waals surface area contributed by atoms with Gasteiger partial charge in [-0.2, -0.15) is 0 Å². The number of hydrogen-bond acceptors (Lipinski definition) is 5. The first kappa shape index (κ1) is 13.1. The number of hydrogen-bond donors (Lipinski definition) is 1. The molecule has 2 rings (SSSR count). The van der Waals surface area contributed by atoms with Crippen molar-refractivity contribution in [1.82, 2.24) is 4.98 Å². The first-order valence-corrected chi connectivity index (χ1v) is 5.70. The van der Waals surface area contributed by atoms with Crippen LogP contribution in [0.15, 0.2) is 23.6 Å². The average molecular weight is 266 g/mol. The highest BCUT2D eigenvalue weighted by atomic mass is 16.7. The standard InChI is InChI=1S/C12H14N2O5/c1-6(15)10-7(2)19-12(14(16)17)11(10)9-4-8(18-3)5-13-9/h4-5,11-13H,1-3H3. The lowest BCUT2D eigenvalue weighted by atomic mass is 9.92. The van der Waals surface area contributed by atoms with Gasteiger partial charge in [0.1, 0.15) is 17.4 Å². The lowest BCUT2D eigenvalue weighted by Gasteiger charge is -2.12. The number of ether oxygens (including phenoxy) is 2. The molecule has 102 valence electrons. The summed E-state index contributed by atoms with van der Waals surface area (Å²) < 4.78 is 10.2. The van der Waals surface area contributed by atoms with Gasteiger partial charge in [0.05, 0.1) is 17.6 Å². The number of aromatic amines is 1. The molecule has 7 heteroatoms. The summed E-state index contributed by atoms with van der Waals surface area (Å²) in [5, 5.41) is 11.1. The molecule has 1 aromatic rings. The number of allylic oxidation sites excluding steroid dienone is 1. The van der Waals surface area contributed by atoms with Gasteiger partial charge >= 0.3 is 6.23 Å². The van der Waals surface area contributed by atoms with Gasteiger partial charge in [-0.15, -0.1) is 0 Å². The molecular formula is C12H14N2O5. The van der Waals surface area contributed by atoms with Crippen LogP contribution in [0.1, 0.15) is 25.5 Å². The van der Waals surface area contributed by atoms with Crippen molar-refractivity contribution in [3.05, 3.63) is 39.4 Å². The molecule has 0 spiro atoms. The fourth-order valence-corrected chi connectivity index (χ4v) is 2.30. The van der Waals surface area contributed by atoms with Gasteiger partial charge in [-0.3, -0.25) is 14.9 Å². The van der Waals surface area contributed by atoms with Gasteiger partial charge in [-0.25, -0.2) is 0 Å². The van der Waals surface area contributed by atoms with Gasteiger partial charge in [0, 0.05) is 18.0 Å². The molecule has 19 heavy (non-hydrogen) atoms. The minimum absolute atomic E-state index is 0.236. The second-order valence-electron chi connectivity index (χ2n) is 4.29. The van der Waals surface area contributed by atoms with Crippen molar-refractivity contribution in [2.24, 2.45) is 0 Å². The quantitative estimate of drug-likeness (QED) is 0.659. The van der Waals surface area contributed by atoms with Crippen LogP contribution in [0.5, 0.6) is 5.75 Å². The van der Waals surface area contributed by atoms with E-state index in [1.807, 2.05) is 0 Å². The van der Waals surface area contributed by atoms with Gasteiger partial charge in [0.25, 0.3) is 0 Å². The maximum atomic E-state index is 11.7. The molecule has 1 aliphatic rings. The summed E-state index contributed by atoms with van der Waals surface area (Å²) in [5.41, 5.74) is 0.854. The predicted octanol–water partition coefficient (Wildman–Crippen LogP) is 1.60. The second kappa shape index (κ2) is 4.75. The Morgan fingerprint density at radius 3 is 2.74 bits per heavy atom. The van der Waals surface area contributed by atoms with Crippen LogP contribution < -0.4 is 4.74 Å². The number of carbonyl (C=O) groups is 1. The van der Waals surface area contributed by atoms with E-state index in [-0.39, 0.29) is 5.78 Å². The third kappa shape index (κ3) is 2.18. The summed E-state index contributed by atoms with van der Waals surface area (Å²) in [6, 6.07) is 1.63. The smallest absolute Gasteiger partial charge is 0.366 e. The predicted molar refractivity (Wildman–Crippen MR) is 65.3 cm³/mol. The molecule has 0 radical (unpaired) electrons. The maximum absolute atomic E-state index is 11.7. The number of carbonyl (C=O) groups excluding carboxylic acids is 1. The Labute approximate surface area is 109 Å². The summed E-state index contributed by atoms with van der Waals surface area (Å²) in [6.07, 6.45) is 0.292. The lowest BCUT2D eigenvalue weighted by Crippen LogP contribution is -2.27. The molecule has 2 atom stereocenters. The zero-order valence-corrected chi connectivity index (χ0v) is 10.8. The summed E-state index contributed by atoms with van der Waals surface area (Å²) in [5.74, 6) is -0.130. The maximum Gasteiger partial charge on any atom is 0.366 e. The third-order valence-electron chi connectivity index (χ3n) is 3.11. The highest BCUT2D eigenvalue weighted by Gasteiger charge is 2.46. The number of aromatic nitrogens is 1. The SMILES string of the molecule is COc1c[nH]c(C2C(C(C)=O)=C(C)OC2[N+](=O)[O-])c1. The zero-order chi connectivity index (χ0) is 14.2.